The summed E-state index contributed by atoms with van der Waals surface area (Å²) in [6.45, 7) is 10.1. The first-order chi connectivity index (χ1) is 15.2. The number of hydrogen-bond donors (Lipinski definition) is 1. The molecule has 0 saturated heterocycles. The van der Waals surface area contributed by atoms with Crippen molar-refractivity contribution in [1.82, 2.24) is 10.2 Å². The fourth-order valence-electron chi connectivity index (χ4n) is 3.92. The van der Waals surface area contributed by atoms with Gasteiger partial charge in [-0.3, -0.25) is 9.59 Å². The highest BCUT2D eigenvalue weighted by atomic mass is 16.2. The van der Waals surface area contributed by atoms with Gasteiger partial charge in [-0.15, -0.1) is 0 Å². The van der Waals surface area contributed by atoms with Crippen molar-refractivity contribution >= 4 is 22.6 Å². The Kier molecular flexibility index (Phi) is 7.34. The molecule has 0 spiro atoms. The molecule has 0 bridgehead atoms. The van der Waals surface area contributed by atoms with Crippen LogP contribution in [-0.4, -0.2) is 28.3 Å². The quantitative estimate of drug-likeness (QED) is 0.545. The van der Waals surface area contributed by atoms with Crippen LogP contribution in [0, 0.1) is 6.92 Å². The third-order valence-electron chi connectivity index (χ3n) is 5.76. The Morgan fingerprint density at radius 2 is 1.53 bits per heavy atom. The molecule has 2 amide bonds. The lowest BCUT2D eigenvalue weighted by atomic mass is 10.00. The lowest BCUT2D eigenvalue weighted by Crippen LogP contribution is -2.52. The van der Waals surface area contributed by atoms with E-state index in [-0.39, 0.29) is 17.4 Å². The lowest BCUT2D eigenvalue weighted by molar-refractivity contribution is -0.141. The number of benzene rings is 3. The van der Waals surface area contributed by atoms with Crippen molar-refractivity contribution < 1.29 is 9.59 Å². The summed E-state index contributed by atoms with van der Waals surface area (Å²) in [6, 6.07) is 21.9. The van der Waals surface area contributed by atoms with E-state index in [0.29, 0.717) is 19.4 Å². The summed E-state index contributed by atoms with van der Waals surface area (Å²) in [6.07, 6.45) is 0.991. The first kappa shape index (κ1) is 23.5. The zero-order chi connectivity index (χ0) is 23.3. The van der Waals surface area contributed by atoms with Crippen LogP contribution in [0.4, 0.5) is 0 Å². The lowest BCUT2D eigenvalue weighted by Gasteiger charge is -2.32. The monoisotopic (exact) mass is 430 g/mol. The maximum Gasteiger partial charge on any atom is 0.242 e. The van der Waals surface area contributed by atoms with Crippen LogP contribution in [0.25, 0.3) is 10.8 Å². The van der Waals surface area contributed by atoms with Crippen LogP contribution < -0.4 is 5.32 Å². The van der Waals surface area contributed by atoms with Crippen molar-refractivity contribution in [1.29, 1.82) is 0 Å². The number of rotatable bonds is 7. The fraction of sp³-hybridized carbons (Fsp3) is 0.357. The second-order valence-corrected chi connectivity index (χ2v) is 9.50. The zero-order valence-electron chi connectivity index (χ0n) is 19.8. The molecule has 3 aromatic rings. The molecule has 4 heteroatoms. The van der Waals surface area contributed by atoms with Crippen molar-refractivity contribution in [3.05, 3.63) is 83.4 Å². The number of hydrogen-bond acceptors (Lipinski definition) is 2. The number of carbonyl (C=O) groups excluding carboxylic acids is 2. The van der Waals surface area contributed by atoms with Gasteiger partial charge in [0.1, 0.15) is 6.04 Å². The molecule has 168 valence electrons. The summed E-state index contributed by atoms with van der Waals surface area (Å²) in [4.78, 5) is 28.1. The third kappa shape index (κ3) is 5.97. The van der Waals surface area contributed by atoms with Crippen molar-refractivity contribution in [2.75, 3.05) is 0 Å². The van der Waals surface area contributed by atoms with Crippen molar-refractivity contribution in [2.45, 2.75) is 65.6 Å². The second-order valence-electron chi connectivity index (χ2n) is 9.50. The highest BCUT2D eigenvalue weighted by Crippen LogP contribution is 2.21. The summed E-state index contributed by atoms with van der Waals surface area (Å²) < 4.78 is 0. The molecule has 0 aromatic heterocycles. The van der Waals surface area contributed by atoms with Crippen LogP contribution >= 0.6 is 0 Å². The van der Waals surface area contributed by atoms with E-state index in [1.165, 1.54) is 10.8 Å². The maximum absolute atomic E-state index is 13.4. The van der Waals surface area contributed by atoms with Gasteiger partial charge in [-0.2, -0.15) is 0 Å². The van der Waals surface area contributed by atoms with E-state index >= 15 is 0 Å². The normalized spacial score (nSPS) is 12.4. The predicted molar refractivity (Wildman–Crippen MR) is 131 cm³/mol. The molecule has 3 aromatic carbocycles. The Hall–Kier alpha value is -3.14. The summed E-state index contributed by atoms with van der Waals surface area (Å²) >= 11 is 0. The van der Waals surface area contributed by atoms with Gasteiger partial charge in [0.15, 0.2) is 0 Å². The van der Waals surface area contributed by atoms with E-state index in [1.54, 1.807) is 4.90 Å². The highest BCUT2D eigenvalue weighted by Gasteiger charge is 2.28. The van der Waals surface area contributed by atoms with Crippen LogP contribution in [-0.2, 0) is 22.6 Å². The molecule has 0 fully saturated rings. The second kappa shape index (κ2) is 9.99. The average molecular weight is 431 g/mol. The van der Waals surface area contributed by atoms with Gasteiger partial charge < -0.3 is 10.2 Å². The first-order valence-corrected chi connectivity index (χ1v) is 11.3. The van der Waals surface area contributed by atoms with Gasteiger partial charge in [-0.05, 0) is 68.5 Å². The van der Waals surface area contributed by atoms with E-state index in [4.69, 9.17) is 0 Å². The van der Waals surface area contributed by atoms with E-state index < -0.39 is 6.04 Å². The highest BCUT2D eigenvalue weighted by molar-refractivity contribution is 5.89. The molecular formula is C28H34N2O2. The molecule has 3 rings (SSSR count). The summed E-state index contributed by atoms with van der Waals surface area (Å²) in [5.41, 5.74) is 2.97. The Morgan fingerprint density at radius 3 is 2.25 bits per heavy atom. The van der Waals surface area contributed by atoms with Crippen LogP contribution in [0.2, 0.25) is 0 Å². The third-order valence-corrected chi connectivity index (χ3v) is 5.76. The molecule has 0 aliphatic heterocycles. The number of fused-ring (bicyclic) bond motifs is 1. The van der Waals surface area contributed by atoms with Gasteiger partial charge in [0.2, 0.25) is 11.8 Å². The van der Waals surface area contributed by atoms with E-state index in [1.807, 2.05) is 77.1 Å². The standard InChI is InChI=1S/C28H34N2O2/c1-20-11-6-7-13-24(20)19-30(21(2)27(32)29-28(3,4)5)26(31)18-17-23-15-10-14-22-12-8-9-16-25(22)23/h6-16,21H,17-19H2,1-5H3,(H,29,32)/t21-/m1/s1. The minimum absolute atomic E-state index is 0.0160. The van der Waals surface area contributed by atoms with Crippen molar-refractivity contribution in [2.24, 2.45) is 0 Å². The molecule has 0 saturated carbocycles. The Labute approximate surface area is 191 Å². The van der Waals surface area contributed by atoms with Crippen LogP contribution in [0.1, 0.15) is 50.8 Å². The van der Waals surface area contributed by atoms with E-state index in [0.717, 1.165) is 16.7 Å². The number of amides is 2. The summed E-state index contributed by atoms with van der Waals surface area (Å²) in [5.74, 6) is -0.151. The van der Waals surface area contributed by atoms with Gasteiger partial charge in [0.05, 0.1) is 0 Å². The smallest absolute Gasteiger partial charge is 0.242 e. The van der Waals surface area contributed by atoms with E-state index in [2.05, 4.69) is 29.6 Å². The topological polar surface area (TPSA) is 49.4 Å². The van der Waals surface area contributed by atoms with Gasteiger partial charge in [-0.25, -0.2) is 0 Å². The Morgan fingerprint density at radius 1 is 0.906 bits per heavy atom. The van der Waals surface area contributed by atoms with Gasteiger partial charge in [-0.1, -0.05) is 66.7 Å². The Bertz CT molecular complexity index is 1090. The number of carbonyl (C=O) groups is 2. The number of aryl methyl sites for hydroxylation is 2. The maximum atomic E-state index is 13.4. The van der Waals surface area contributed by atoms with Crippen molar-refractivity contribution in [3.8, 4) is 0 Å². The molecule has 0 aliphatic rings. The minimum atomic E-state index is -0.561. The fourth-order valence-corrected chi connectivity index (χ4v) is 3.92. The molecule has 0 unspecified atom stereocenters. The number of nitrogens with zero attached hydrogens (tertiary/aromatic N) is 1. The van der Waals surface area contributed by atoms with Gasteiger partial charge in [0, 0.05) is 18.5 Å². The molecule has 0 heterocycles. The SMILES string of the molecule is Cc1ccccc1CN(C(=O)CCc1cccc2ccccc12)[C@H](C)C(=O)NC(C)(C)C. The van der Waals surface area contributed by atoms with Crippen LogP contribution in [0.15, 0.2) is 66.7 Å². The molecule has 0 radical (unpaired) electrons. The molecule has 1 atom stereocenters. The largest absolute Gasteiger partial charge is 0.350 e. The minimum Gasteiger partial charge on any atom is -0.350 e. The van der Waals surface area contributed by atoms with E-state index in [9.17, 15) is 9.59 Å². The number of nitrogens with one attached hydrogen (secondary N) is 1. The molecule has 1 N–H and O–H groups in total. The van der Waals surface area contributed by atoms with Crippen LogP contribution in [0.3, 0.4) is 0 Å². The van der Waals surface area contributed by atoms with Crippen LogP contribution in [0.5, 0.6) is 0 Å². The Balaban J connectivity index is 1.82. The van der Waals surface area contributed by atoms with Gasteiger partial charge in [0.25, 0.3) is 0 Å². The zero-order valence-corrected chi connectivity index (χ0v) is 19.8. The van der Waals surface area contributed by atoms with Crippen molar-refractivity contribution in [3.63, 3.8) is 0 Å². The summed E-state index contributed by atoms with van der Waals surface area (Å²) in [5, 5.41) is 5.37. The molecule has 0 aliphatic carbocycles. The molecule has 32 heavy (non-hydrogen) atoms. The molecular weight excluding hydrogens is 396 g/mol. The summed E-state index contributed by atoms with van der Waals surface area (Å²) in [7, 11) is 0. The first-order valence-electron chi connectivity index (χ1n) is 11.3. The average Bonchev–Trinajstić information content (AvgIpc) is 2.75. The van der Waals surface area contributed by atoms with Gasteiger partial charge >= 0.3 is 0 Å². The predicted octanol–water partition coefficient (Wildman–Crippen LogP) is 5.41. The molecule has 4 nitrogen and oxygen atoms in total.